The van der Waals surface area contributed by atoms with Crippen molar-refractivity contribution in [2.24, 2.45) is 0 Å². The summed E-state index contributed by atoms with van der Waals surface area (Å²) in [4.78, 5) is 14.5. The van der Waals surface area contributed by atoms with Crippen molar-refractivity contribution in [3.8, 4) is 0 Å². The number of nitrogens with zero attached hydrogens (tertiary/aromatic N) is 1. The molecule has 0 saturated heterocycles. The van der Waals surface area contributed by atoms with Crippen molar-refractivity contribution in [1.82, 2.24) is 0 Å². The van der Waals surface area contributed by atoms with Gasteiger partial charge >= 0.3 is 0 Å². The van der Waals surface area contributed by atoms with Crippen LogP contribution in [0.3, 0.4) is 0 Å². The Kier molecular flexibility index (Phi) is 5.00. The van der Waals surface area contributed by atoms with Gasteiger partial charge in [0, 0.05) is 12.5 Å². The maximum Gasteiger partial charge on any atom is 0.226 e. The molecule has 1 aromatic heterocycles. The van der Waals surface area contributed by atoms with Gasteiger partial charge in [-0.2, -0.15) is 0 Å². The average Bonchev–Trinajstić information content (AvgIpc) is 3.25. The summed E-state index contributed by atoms with van der Waals surface area (Å²) in [5.41, 5.74) is 2.74. The lowest BCUT2D eigenvalue weighted by Gasteiger charge is -2.47. The molecule has 4 nitrogen and oxygen atoms in total. The predicted octanol–water partition coefficient (Wildman–Crippen LogP) is 6.42. The lowest BCUT2D eigenvalue weighted by atomic mass is 9.78. The van der Waals surface area contributed by atoms with Crippen LogP contribution in [0.15, 0.2) is 106 Å². The fourth-order valence-electron chi connectivity index (χ4n) is 4.33. The standard InChI is InChI=1S/C26H20BrNO3/c1-18(29)28-22-15-9-8-14-21(22)26(19-10-4-2-5-11-19,20-12-6-3-7-13-20)31-25(28)23-16-17-24(27)30-23/h2-17,25H,1H3/t25-/m1/s1. The first-order chi connectivity index (χ1) is 15.1. The summed E-state index contributed by atoms with van der Waals surface area (Å²) in [6.45, 7) is 1.54. The highest BCUT2D eigenvalue weighted by Gasteiger charge is 2.49. The van der Waals surface area contributed by atoms with Crippen LogP contribution in [0.5, 0.6) is 0 Å². The van der Waals surface area contributed by atoms with Crippen molar-refractivity contribution in [3.63, 3.8) is 0 Å². The highest BCUT2D eigenvalue weighted by atomic mass is 79.9. The van der Waals surface area contributed by atoms with Crippen LogP contribution in [0.1, 0.15) is 35.6 Å². The highest BCUT2D eigenvalue weighted by molar-refractivity contribution is 9.10. The number of benzene rings is 3. The normalized spacial score (nSPS) is 17.2. The quantitative estimate of drug-likeness (QED) is 0.344. The third-order valence-corrected chi connectivity index (χ3v) is 6.03. The van der Waals surface area contributed by atoms with Gasteiger partial charge in [-0.05, 0) is 45.3 Å². The Morgan fingerprint density at radius 1 is 0.839 bits per heavy atom. The molecule has 5 heteroatoms. The van der Waals surface area contributed by atoms with Gasteiger partial charge in [-0.25, -0.2) is 0 Å². The summed E-state index contributed by atoms with van der Waals surface area (Å²) in [6, 6.07) is 31.8. The van der Waals surface area contributed by atoms with Crippen molar-refractivity contribution in [2.75, 3.05) is 4.90 Å². The Morgan fingerprint density at radius 2 is 1.42 bits per heavy atom. The van der Waals surface area contributed by atoms with Gasteiger partial charge in [0.05, 0.1) is 5.69 Å². The third-order valence-electron chi connectivity index (χ3n) is 5.60. The molecule has 0 radical (unpaired) electrons. The van der Waals surface area contributed by atoms with Crippen molar-refractivity contribution in [1.29, 1.82) is 0 Å². The molecule has 0 aliphatic carbocycles. The highest BCUT2D eigenvalue weighted by Crippen LogP contribution is 2.52. The Hall–Kier alpha value is -3.15. The molecule has 154 valence electrons. The number of furan rings is 1. The first kappa shape index (κ1) is 19.8. The van der Waals surface area contributed by atoms with E-state index in [2.05, 4.69) is 40.2 Å². The fourth-order valence-corrected chi connectivity index (χ4v) is 4.65. The molecule has 0 fully saturated rings. The SMILES string of the molecule is CC(=O)N1c2ccccc2C(c2ccccc2)(c2ccccc2)O[C@@H]1c1ccc(Br)o1. The minimum absolute atomic E-state index is 0.125. The van der Waals surface area contributed by atoms with Gasteiger partial charge in [-0.3, -0.25) is 9.69 Å². The molecular formula is C26H20BrNO3. The second-order valence-corrected chi connectivity index (χ2v) is 8.21. The Balaban J connectivity index is 1.85. The van der Waals surface area contributed by atoms with Crippen molar-refractivity contribution in [3.05, 3.63) is 124 Å². The number of rotatable bonds is 3. The number of ether oxygens (including phenoxy) is 1. The molecule has 1 aliphatic heterocycles. The first-order valence-corrected chi connectivity index (χ1v) is 10.8. The topological polar surface area (TPSA) is 42.7 Å². The van der Waals surface area contributed by atoms with E-state index in [9.17, 15) is 4.79 Å². The number of hydrogen-bond acceptors (Lipinski definition) is 3. The predicted molar refractivity (Wildman–Crippen MR) is 123 cm³/mol. The summed E-state index contributed by atoms with van der Waals surface area (Å²) in [5.74, 6) is 0.424. The summed E-state index contributed by atoms with van der Waals surface area (Å²) in [7, 11) is 0. The monoisotopic (exact) mass is 473 g/mol. The summed E-state index contributed by atoms with van der Waals surface area (Å²) < 4.78 is 13.4. The van der Waals surface area contributed by atoms with Crippen LogP contribution in [0.25, 0.3) is 0 Å². The smallest absolute Gasteiger partial charge is 0.226 e. The van der Waals surface area contributed by atoms with Crippen LogP contribution in [0.4, 0.5) is 5.69 Å². The Bertz CT molecular complexity index is 1180. The van der Waals surface area contributed by atoms with Crippen molar-refractivity contribution in [2.45, 2.75) is 18.8 Å². The molecule has 2 heterocycles. The number of fused-ring (bicyclic) bond motifs is 1. The zero-order valence-electron chi connectivity index (χ0n) is 16.9. The third kappa shape index (κ3) is 3.21. The van der Waals surface area contributed by atoms with Crippen LogP contribution < -0.4 is 4.90 Å². The first-order valence-electron chi connectivity index (χ1n) is 10.0. The summed E-state index contributed by atoms with van der Waals surface area (Å²) in [5, 5.41) is 0. The van der Waals surface area contributed by atoms with Crippen LogP contribution in [0.2, 0.25) is 0 Å². The minimum atomic E-state index is -0.922. The molecule has 31 heavy (non-hydrogen) atoms. The van der Waals surface area contributed by atoms with Crippen molar-refractivity contribution >= 4 is 27.5 Å². The van der Waals surface area contributed by atoms with E-state index < -0.39 is 11.8 Å². The van der Waals surface area contributed by atoms with Crippen LogP contribution in [0, 0.1) is 0 Å². The second-order valence-electron chi connectivity index (χ2n) is 7.43. The zero-order valence-corrected chi connectivity index (χ0v) is 18.5. The number of amides is 1. The van der Waals surface area contributed by atoms with Gasteiger partial charge in [-0.1, -0.05) is 78.9 Å². The second kappa shape index (κ2) is 7.84. The van der Waals surface area contributed by atoms with E-state index in [1.807, 2.05) is 72.8 Å². The van der Waals surface area contributed by atoms with Gasteiger partial charge in [0.25, 0.3) is 0 Å². The van der Waals surface area contributed by atoms with E-state index in [1.54, 1.807) is 11.8 Å². The number of hydrogen-bond donors (Lipinski definition) is 0. The van der Waals surface area contributed by atoms with Gasteiger partial charge in [0.1, 0.15) is 5.60 Å². The number of anilines is 1. The van der Waals surface area contributed by atoms with E-state index >= 15 is 0 Å². The summed E-state index contributed by atoms with van der Waals surface area (Å²) in [6.07, 6.45) is -0.737. The number of halogens is 1. The molecule has 1 amide bonds. The zero-order chi connectivity index (χ0) is 21.4. The molecule has 0 bridgehead atoms. The molecule has 5 rings (SSSR count). The van der Waals surface area contributed by atoms with Gasteiger partial charge in [-0.15, -0.1) is 0 Å². The van der Waals surface area contributed by atoms with Gasteiger partial charge < -0.3 is 9.15 Å². The van der Waals surface area contributed by atoms with Crippen LogP contribution in [-0.4, -0.2) is 5.91 Å². The van der Waals surface area contributed by atoms with E-state index in [0.717, 1.165) is 22.4 Å². The number of carbonyl (C=O) groups is 1. The molecular weight excluding hydrogens is 454 g/mol. The maximum atomic E-state index is 12.8. The number of carbonyl (C=O) groups excluding carboxylic acids is 1. The molecule has 3 aromatic carbocycles. The Labute approximate surface area is 189 Å². The molecule has 4 aromatic rings. The van der Waals surface area contributed by atoms with Gasteiger partial charge in [0.15, 0.2) is 16.7 Å². The summed E-state index contributed by atoms with van der Waals surface area (Å²) >= 11 is 3.38. The average molecular weight is 474 g/mol. The van der Waals surface area contributed by atoms with Crippen molar-refractivity contribution < 1.29 is 13.9 Å². The van der Waals surface area contributed by atoms with E-state index in [1.165, 1.54) is 0 Å². The molecule has 0 unspecified atom stereocenters. The lowest BCUT2D eigenvalue weighted by Crippen LogP contribution is -2.47. The number of para-hydroxylation sites is 1. The molecule has 1 atom stereocenters. The largest absolute Gasteiger partial charge is 0.450 e. The fraction of sp³-hybridized carbons (Fsp3) is 0.115. The molecule has 0 N–H and O–H groups in total. The molecule has 0 saturated carbocycles. The maximum absolute atomic E-state index is 12.8. The van der Waals surface area contributed by atoms with E-state index in [4.69, 9.17) is 9.15 Å². The lowest BCUT2D eigenvalue weighted by molar-refractivity contribution is -0.125. The van der Waals surface area contributed by atoms with E-state index in [-0.39, 0.29) is 5.91 Å². The minimum Gasteiger partial charge on any atom is -0.450 e. The van der Waals surface area contributed by atoms with E-state index in [0.29, 0.717) is 10.4 Å². The Morgan fingerprint density at radius 3 is 1.97 bits per heavy atom. The van der Waals surface area contributed by atoms with Gasteiger partial charge in [0.2, 0.25) is 5.91 Å². The van der Waals surface area contributed by atoms with Crippen LogP contribution in [-0.2, 0) is 15.1 Å². The molecule has 1 aliphatic rings. The molecule has 0 spiro atoms. The van der Waals surface area contributed by atoms with Crippen LogP contribution >= 0.6 is 15.9 Å².